The fraction of sp³-hybridized carbons (Fsp3) is 0.344. The molecule has 0 N–H and O–H groups in total. The average molecular weight is 517 g/mol. The van der Waals surface area contributed by atoms with Crippen molar-refractivity contribution < 1.29 is 28.1 Å². The van der Waals surface area contributed by atoms with Gasteiger partial charge >= 0.3 is 5.97 Å². The average Bonchev–Trinajstić information content (AvgIpc) is 3.81. The molecular weight excluding hydrogens is 483 g/mol. The lowest BCUT2D eigenvalue weighted by Gasteiger charge is -2.20. The van der Waals surface area contributed by atoms with E-state index in [0.29, 0.717) is 43.5 Å². The van der Waals surface area contributed by atoms with Gasteiger partial charge in [0.05, 0.1) is 33.9 Å². The van der Waals surface area contributed by atoms with Crippen LogP contribution >= 0.6 is 0 Å². The van der Waals surface area contributed by atoms with Crippen LogP contribution in [-0.2, 0) is 20.9 Å². The highest BCUT2D eigenvalue weighted by Crippen LogP contribution is 2.45. The van der Waals surface area contributed by atoms with Crippen LogP contribution in [0.3, 0.4) is 0 Å². The highest BCUT2D eigenvalue weighted by Gasteiger charge is 2.34. The van der Waals surface area contributed by atoms with Crippen LogP contribution < -0.4 is 9.47 Å². The van der Waals surface area contributed by atoms with E-state index in [-0.39, 0.29) is 17.7 Å². The van der Waals surface area contributed by atoms with Gasteiger partial charge in [0.25, 0.3) is 0 Å². The number of benzene rings is 3. The highest BCUT2D eigenvalue weighted by atomic mass is 19.1. The molecule has 0 spiro atoms. The Balaban J connectivity index is 1.40. The van der Waals surface area contributed by atoms with E-state index in [1.54, 1.807) is 19.2 Å². The van der Waals surface area contributed by atoms with Crippen molar-refractivity contribution >= 4 is 11.5 Å². The Hall–Kier alpha value is -3.64. The summed E-state index contributed by atoms with van der Waals surface area (Å²) >= 11 is 0. The van der Waals surface area contributed by atoms with E-state index in [1.807, 2.05) is 30.3 Å². The van der Waals surface area contributed by atoms with E-state index < -0.39 is 0 Å². The first kappa shape index (κ1) is 26.0. The van der Waals surface area contributed by atoms with Crippen molar-refractivity contribution in [2.45, 2.75) is 38.2 Å². The predicted molar refractivity (Wildman–Crippen MR) is 145 cm³/mol. The summed E-state index contributed by atoms with van der Waals surface area (Å²) in [5, 5.41) is 0. The van der Waals surface area contributed by atoms with Gasteiger partial charge in [-0.25, -0.2) is 4.39 Å². The second-order valence-corrected chi connectivity index (χ2v) is 9.87. The first-order valence-corrected chi connectivity index (χ1v) is 13.1. The third-order valence-electron chi connectivity index (χ3n) is 7.35. The number of hydrogen-bond acceptors (Lipinski definition) is 5. The SMILES string of the molecule is COC(=O)CC(c1cccc(OCc2ccc(-c3cc(OC)ccc3F)c(C3=CCOCC3)c2)c1)C1CC1. The van der Waals surface area contributed by atoms with Crippen LogP contribution in [0.4, 0.5) is 4.39 Å². The molecule has 2 aliphatic rings. The molecule has 38 heavy (non-hydrogen) atoms. The number of esters is 1. The summed E-state index contributed by atoms with van der Waals surface area (Å²) in [7, 11) is 3.01. The normalized spacial score (nSPS) is 15.9. The molecule has 1 atom stereocenters. The molecule has 3 aromatic carbocycles. The van der Waals surface area contributed by atoms with Gasteiger partial charge in [-0.3, -0.25) is 4.79 Å². The molecule has 5 nitrogen and oxygen atoms in total. The van der Waals surface area contributed by atoms with Crippen molar-refractivity contribution in [3.63, 3.8) is 0 Å². The van der Waals surface area contributed by atoms with Gasteiger partial charge in [0.1, 0.15) is 23.9 Å². The Morgan fingerprint density at radius 3 is 2.61 bits per heavy atom. The minimum atomic E-state index is -0.294. The van der Waals surface area contributed by atoms with E-state index in [0.717, 1.165) is 52.8 Å². The molecule has 1 aliphatic carbocycles. The zero-order chi connectivity index (χ0) is 26.5. The molecule has 1 heterocycles. The number of hydrogen-bond donors (Lipinski definition) is 0. The molecule has 0 bridgehead atoms. The molecular formula is C32H33FO5. The molecule has 1 aliphatic heterocycles. The van der Waals surface area contributed by atoms with Crippen LogP contribution in [0.2, 0.25) is 0 Å². The van der Waals surface area contributed by atoms with Gasteiger partial charge in [-0.05, 0) is 95.3 Å². The third kappa shape index (κ3) is 6.08. The van der Waals surface area contributed by atoms with Crippen LogP contribution in [0.25, 0.3) is 16.7 Å². The Morgan fingerprint density at radius 1 is 1.00 bits per heavy atom. The molecule has 0 radical (unpaired) electrons. The lowest BCUT2D eigenvalue weighted by Crippen LogP contribution is -2.10. The van der Waals surface area contributed by atoms with Gasteiger partial charge in [-0.1, -0.05) is 30.3 Å². The molecule has 5 rings (SSSR count). The second-order valence-electron chi connectivity index (χ2n) is 9.87. The van der Waals surface area contributed by atoms with Crippen molar-refractivity contribution in [1.29, 1.82) is 0 Å². The summed E-state index contributed by atoms with van der Waals surface area (Å²) in [5.74, 6) is 1.55. The molecule has 0 aromatic heterocycles. The molecule has 198 valence electrons. The maximum atomic E-state index is 14.9. The summed E-state index contributed by atoms with van der Waals surface area (Å²) in [4.78, 5) is 12.0. The van der Waals surface area contributed by atoms with Crippen molar-refractivity contribution in [3.8, 4) is 22.6 Å². The molecule has 1 unspecified atom stereocenters. The quantitative estimate of drug-likeness (QED) is 0.273. The number of carbonyl (C=O) groups is 1. The van der Waals surface area contributed by atoms with Crippen molar-refractivity contribution in [3.05, 3.63) is 89.2 Å². The smallest absolute Gasteiger partial charge is 0.306 e. The molecule has 6 heteroatoms. The second kappa shape index (κ2) is 11.8. The number of rotatable bonds is 10. The minimum Gasteiger partial charge on any atom is -0.497 e. The summed E-state index contributed by atoms with van der Waals surface area (Å²) in [6.45, 7) is 1.54. The van der Waals surface area contributed by atoms with Crippen molar-refractivity contribution in [1.82, 2.24) is 0 Å². The van der Waals surface area contributed by atoms with Crippen molar-refractivity contribution in [2.24, 2.45) is 5.92 Å². The summed E-state index contributed by atoms with van der Waals surface area (Å²) in [5.41, 5.74) is 5.51. The molecule has 0 amide bonds. The van der Waals surface area contributed by atoms with Crippen LogP contribution in [0.1, 0.15) is 48.3 Å². The number of halogens is 1. The maximum absolute atomic E-state index is 14.9. The zero-order valence-corrected chi connectivity index (χ0v) is 21.9. The largest absolute Gasteiger partial charge is 0.497 e. The third-order valence-corrected chi connectivity index (χ3v) is 7.35. The maximum Gasteiger partial charge on any atom is 0.306 e. The Bertz CT molecular complexity index is 1330. The molecule has 0 saturated heterocycles. The lowest BCUT2D eigenvalue weighted by molar-refractivity contribution is -0.141. The van der Waals surface area contributed by atoms with E-state index in [9.17, 15) is 9.18 Å². The van der Waals surface area contributed by atoms with E-state index in [4.69, 9.17) is 18.9 Å². The standard InChI is InChI=1S/C32H33FO5/c1-35-25-9-11-31(33)30(18-25)27-10-6-21(16-29(27)23-12-14-37-15-13-23)20-38-26-5-3-4-24(17-26)28(22-7-8-22)19-32(34)36-2/h3-6,9-12,16-18,22,28H,7-8,13-15,19-20H2,1-2H3. The van der Waals surface area contributed by atoms with Gasteiger partial charge in [0, 0.05) is 5.56 Å². The van der Waals surface area contributed by atoms with Crippen LogP contribution in [-0.4, -0.2) is 33.4 Å². The van der Waals surface area contributed by atoms with Crippen LogP contribution in [0.15, 0.2) is 66.7 Å². The topological polar surface area (TPSA) is 54.0 Å². The predicted octanol–water partition coefficient (Wildman–Crippen LogP) is 6.94. The number of carbonyl (C=O) groups excluding carboxylic acids is 1. The van der Waals surface area contributed by atoms with E-state index >= 15 is 0 Å². The fourth-order valence-electron chi connectivity index (χ4n) is 5.11. The first-order valence-electron chi connectivity index (χ1n) is 13.1. The number of ether oxygens (including phenoxy) is 4. The Kier molecular flexibility index (Phi) is 8.08. The fourth-order valence-corrected chi connectivity index (χ4v) is 5.11. The van der Waals surface area contributed by atoms with E-state index in [2.05, 4.69) is 18.2 Å². The van der Waals surface area contributed by atoms with Gasteiger partial charge < -0.3 is 18.9 Å². The summed E-state index contributed by atoms with van der Waals surface area (Å²) < 4.78 is 36.9. The highest BCUT2D eigenvalue weighted by molar-refractivity contribution is 5.83. The van der Waals surface area contributed by atoms with Gasteiger partial charge in [0.15, 0.2) is 0 Å². The Morgan fingerprint density at radius 2 is 1.87 bits per heavy atom. The van der Waals surface area contributed by atoms with Gasteiger partial charge in [0.2, 0.25) is 0 Å². The molecule has 1 fully saturated rings. The summed E-state index contributed by atoms with van der Waals surface area (Å²) in [6.07, 6.45) is 5.48. The monoisotopic (exact) mass is 516 g/mol. The lowest BCUT2D eigenvalue weighted by atomic mass is 9.90. The van der Waals surface area contributed by atoms with Gasteiger partial charge in [-0.2, -0.15) is 0 Å². The first-order chi connectivity index (χ1) is 18.6. The molecule has 3 aromatic rings. The van der Waals surface area contributed by atoms with Crippen LogP contribution in [0.5, 0.6) is 11.5 Å². The van der Waals surface area contributed by atoms with E-state index in [1.165, 1.54) is 13.2 Å². The summed E-state index contributed by atoms with van der Waals surface area (Å²) in [6, 6.07) is 18.8. The molecule has 1 saturated carbocycles. The number of methoxy groups -OCH3 is 2. The van der Waals surface area contributed by atoms with Crippen molar-refractivity contribution in [2.75, 3.05) is 27.4 Å². The minimum absolute atomic E-state index is 0.148. The zero-order valence-electron chi connectivity index (χ0n) is 21.9. The van der Waals surface area contributed by atoms with Gasteiger partial charge in [-0.15, -0.1) is 0 Å². The Labute approximate surface area is 223 Å². The van der Waals surface area contributed by atoms with Crippen LogP contribution in [0, 0.1) is 11.7 Å².